The number of ether oxygens (including phenoxy) is 1. The highest BCUT2D eigenvalue weighted by Crippen LogP contribution is 2.39. The summed E-state index contributed by atoms with van der Waals surface area (Å²) in [6.45, 7) is 0.359. The minimum absolute atomic E-state index is 0.137. The number of para-hydroxylation sites is 1. The van der Waals surface area contributed by atoms with Crippen LogP contribution in [0.3, 0.4) is 0 Å². The van der Waals surface area contributed by atoms with Crippen LogP contribution in [-0.4, -0.2) is 18.9 Å². The minimum Gasteiger partial charge on any atom is -0.496 e. The average molecular weight is 349 g/mol. The van der Waals surface area contributed by atoms with Crippen LogP contribution in [0.2, 0.25) is 0 Å². The van der Waals surface area contributed by atoms with E-state index in [1.807, 2.05) is 30.3 Å². The van der Waals surface area contributed by atoms with Crippen molar-refractivity contribution in [3.63, 3.8) is 0 Å². The van der Waals surface area contributed by atoms with Crippen molar-refractivity contribution in [1.82, 2.24) is 5.32 Å². The number of hydrogen-bond acceptors (Lipinski definition) is 4. The second kappa shape index (κ2) is 7.70. The lowest BCUT2D eigenvalue weighted by molar-refractivity contribution is -0.125. The van der Waals surface area contributed by atoms with E-state index in [-0.39, 0.29) is 23.7 Å². The van der Waals surface area contributed by atoms with Crippen LogP contribution in [0.15, 0.2) is 48.5 Å². The first-order valence-corrected chi connectivity index (χ1v) is 8.33. The standard InChI is InChI=1S/C20H19N3O3/c1-26-18-8-3-2-6-14(18)12-22-19(24)16-10-17(16)20(25)23-15-7-4-5-13(9-15)11-21/h2-9,16-17H,10,12H2,1H3,(H,22,24)(H,23,25). The van der Waals surface area contributed by atoms with Gasteiger partial charge in [0.25, 0.3) is 0 Å². The highest BCUT2D eigenvalue weighted by molar-refractivity contribution is 5.99. The number of anilines is 1. The highest BCUT2D eigenvalue weighted by Gasteiger charge is 2.47. The van der Waals surface area contributed by atoms with E-state index in [1.54, 1.807) is 31.4 Å². The lowest BCUT2D eigenvalue weighted by atomic mass is 10.2. The summed E-state index contributed by atoms with van der Waals surface area (Å²) in [4.78, 5) is 24.5. The summed E-state index contributed by atoms with van der Waals surface area (Å²) in [6.07, 6.45) is 0.529. The van der Waals surface area contributed by atoms with E-state index in [9.17, 15) is 9.59 Å². The molecule has 0 saturated heterocycles. The fourth-order valence-electron chi connectivity index (χ4n) is 2.84. The Balaban J connectivity index is 1.52. The van der Waals surface area contributed by atoms with E-state index < -0.39 is 0 Å². The molecule has 6 nitrogen and oxygen atoms in total. The van der Waals surface area contributed by atoms with Gasteiger partial charge in [0, 0.05) is 17.8 Å². The van der Waals surface area contributed by atoms with Crippen LogP contribution < -0.4 is 15.4 Å². The molecule has 2 aromatic rings. The van der Waals surface area contributed by atoms with Crippen LogP contribution in [0, 0.1) is 23.2 Å². The van der Waals surface area contributed by atoms with Gasteiger partial charge in [-0.15, -0.1) is 0 Å². The van der Waals surface area contributed by atoms with Crippen LogP contribution in [0.25, 0.3) is 0 Å². The van der Waals surface area contributed by atoms with Gasteiger partial charge in [0.15, 0.2) is 0 Å². The molecule has 1 aliphatic carbocycles. The van der Waals surface area contributed by atoms with Crippen molar-refractivity contribution in [2.75, 3.05) is 12.4 Å². The quantitative estimate of drug-likeness (QED) is 0.838. The third-order valence-corrected chi connectivity index (χ3v) is 4.37. The van der Waals surface area contributed by atoms with E-state index in [4.69, 9.17) is 10.00 Å². The van der Waals surface area contributed by atoms with Crippen molar-refractivity contribution in [1.29, 1.82) is 5.26 Å². The van der Waals surface area contributed by atoms with Crippen LogP contribution in [-0.2, 0) is 16.1 Å². The Kier molecular flexibility index (Phi) is 5.18. The molecule has 1 saturated carbocycles. The molecule has 6 heteroatoms. The minimum atomic E-state index is -0.335. The Hall–Kier alpha value is -3.33. The third kappa shape index (κ3) is 4.01. The molecule has 2 atom stereocenters. The third-order valence-electron chi connectivity index (χ3n) is 4.37. The van der Waals surface area contributed by atoms with E-state index in [0.29, 0.717) is 24.2 Å². The van der Waals surface area contributed by atoms with Gasteiger partial charge in [0.1, 0.15) is 5.75 Å². The van der Waals surface area contributed by atoms with Crippen molar-refractivity contribution in [2.45, 2.75) is 13.0 Å². The molecular weight excluding hydrogens is 330 g/mol. The molecule has 0 radical (unpaired) electrons. The first-order chi connectivity index (χ1) is 12.6. The summed E-state index contributed by atoms with van der Waals surface area (Å²) in [5.74, 6) is -0.267. The first-order valence-electron chi connectivity index (χ1n) is 8.33. The number of nitrogens with zero attached hydrogens (tertiary/aromatic N) is 1. The monoisotopic (exact) mass is 349 g/mol. The van der Waals surface area contributed by atoms with Gasteiger partial charge >= 0.3 is 0 Å². The average Bonchev–Trinajstić information content (AvgIpc) is 3.47. The van der Waals surface area contributed by atoms with Gasteiger partial charge in [-0.05, 0) is 30.7 Å². The molecule has 2 amide bonds. The summed E-state index contributed by atoms with van der Waals surface area (Å²) in [7, 11) is 1.59. The predicted octanol–water partition coefficient (Wildman–Crippen LogP) is 2.46. The number of methoxy groups -OCH3 is 1. The maximum Gasteiger partial charge on any atom is 0.228 e. The molecule has 2 aromatic carbocycles. The van der Waals surface area contributed by atoms with Crippen molar-refractivity contribution >= 4 is 17.5 Å². The maximum atomic E-state index is 12.3. The van der Waals surface area contributed by atoms with Gasteiger partial charge in [-0.2, -0.15) is 5.26 Å². The fraction of sp³-hybridized carbons (Fsp3) is 0.250. The summed E-state index contributed by atoms with van der Waals surface area (Å²) < 4.78 is 5.26. The van der Waals surface area contributed by atoms with Gasteiger partial charge in [0.05, 0.1) is 30.6 Å². The normalized spacial score (nSPS) is 17.7. The predicted molar refractivity (Wildman–Crippen MR) is 96.2 cm³/mol. The van der Waals surface area contributed by atoms with Crippen molar-refractivity contribution in [2.24, 2.45) is 11.8 Å². The van der Waals surface area contributed by atoms with Crippen molar-refractivity contribution < 1.29 is 14.3 Å². The van der Waals surface area contributed by atoms with Crippen molar-refractivity contribution in [3.8, 4) is 11.8 Å². The smallest absolute Gasteiger partial charge is 0.228 e. The number of hydrogen-bond donors (Lipinski definition) is 2. The topological polar surface area (TPSA) is 91.2 Å². The molecule has 2 unspecified atom stereocenters. The fourth-order valence-corrected chi connectivity index (χ4v) is 2.84. The number of rotatable bonds is 6. The molecule has 2 N–H and O–H groups in total. The SMILES string of the molecule is COc1ccccc1CNC(=O)C1CC1C(=O)Nc1cccc(C#N)c1. The lowest BCUT2D eigenvalue weighted by Crippen LogP contribution is -2.27. The van der Waals surface area contributed by atoms with Crippen molar-refractivity contribution in [3.05, 3.63) is 59.7 Å². The number of nitriles is 1. The first kappa shape index (κ1) is 17.5. The van der Waals surface area contributed by atoms with Crippen LogP contribution in [0.4, 0.5) is 5.69 Å². The summed E-state index contributed by atoms with van der Waals surface area (Å²) >= 11 is 0. The largest absolute Gasteiger partial charge is 0.496 e. The molecule has 0 spiro atoms. The molecule has 1 aliphatic rings. The maximum absolute atomic E-state index is 12.3. The lowest BCUT2D eigenvalue weighted by Gasteiger charge is -2.09. The Morgan fingerprint density at radius 1 is 1.15 bits per heavy atom. The van der Waals surface area contributed by atoms with E-state index in [2.05, 4.69) is 10.6 Å². The Labute approximate surface area is 151 Å². The molecule has 3 rings (SSSR count). The second-order valence-electron chi connectivity index (χ2n) is 6.16. The Morgan fingerprint density at radius 3 is 2.69 bits per heavy atom. The van der Waals surface area contributed by atoms with Gasteiger partial charge < -0.3 is 15.4 Å². The highest BCUT2D eigenvalue weighted by atomic mass is 16.5. The number of nitrogens with one attached hydrogen (secondary N) is 2. The molecule has 0 aromatic heterocycles. The zero-order valence-corrected chi connectivity index (χ0v) is 14.4. The van der Waals surface area contributed by atoms with Gasteiger partial charge in [-0.25, -0.2) is 0 Å². The Morgan fingerprint density at radius 2 is 1.92 bits per heavy atom. The molecule has 132 valence electrons. The van der Waals surface area contributed by atoms with E-state index in [0.717, 1.165) is 11.3 Å². The van der Waals surface area contributed by atoms with Gasteiger partial charge in [0.2, 0.25) is 11.8 Å². The van der Waals surface area contributed by atoms with Crippen LogP contribution in [0.1, 0.15) is 17.5 Å². The summed E-state index contributed by atoms with van der Waals surface area (Å²) in [6, 6.07) is 16.2. The molecule has 1 fully saturated rings. The van der Waals surface area contributed by atoms with Gasteiger partial charge in [-0.3, -0.25) is 9.59 Å². The number of amides is 2. The van der Waals surface area contributed by atoms with Crippen LogP contribution in [0.5, 0.6) is 5.75 Å². The molecule has 26 heavy (non-hydrogen) atoms. The zero-order chi connectivity index (χ0) is 18.5. The number of carbonyl (C=O) groups is 2. The number of benzene rings is 2. The summed E-state index contributed by atoms with van der Waals surface area (Å²) in [5.41, 5.74) is 1.93. The van der Waals surface area contributed by atoms with Crippen LogP contribution >= 0.6 is 0 Å². The molecule has 0 heterocycles. The van der Waals surface area contributed by atoms with E-state index in [1.165, 1.54) is 0 Å². The summed E-state index contributed by atoms with van der Waals surface area (Å²) in [5, 5.41) is 14.5. The molecule has 0 aliphatic heterocycles. The molecule has 0 bridgehead atoms. The number of carbonyl (C=O) groups excluding carboxylic acids is 2. The Bertz CT molecular complexity index is 873. The zero-order valence-electron chi connectivity index (χ0n) is 14.4. The second-order valence-corrected chi connectivity index (χ2v) is 6.16. The van der Waals surface area contributed by atoms with E-state index >= 15 is 0 Å². The van der Waals surface area contributed by atoms with Gasteiger partial charge in [-0.1, -0.05) is 24.3 Å². The molecular formula is C20H19N3O3.